The van der Waals surface area contributed by atoms with E-state index in [1.54, 1.807) is 4.90 Å². The number of hydrogen-bond acceptors (Lipinski definition) is 4. The topological polar surface area (TPSA) is 90.2 Å². The van der Waals surface area contributed by atoms with E-state index in [0.717, 1.165) is 28.3 Å². The third-order valence-corrected chi connectivity index (χ3v) is 5.15. The molecule has 3 aromatic rings. The van der Waals surface area contributed by atoms with Gasteiger partial charge in [0.05, 0.1) is 17.4 Å². The number of fused-ring (bicyclic) bond motifs is 1. The Morgan fingerprint density at radius 3 is 2.52 bits per heavy atom. The van der Waals surface area contributed by atoms with Gasteiger partial charge in [-0.25, -0.2) is 4.68 Å². The van der Waals surface area contributed by atoms with Gasteiger partial charge in [-0.05, 0) is 43.7 Å². The van der Waals surface area contributed by atoms with Gasteiger partial charge in [0.1, 0.15) is 5.82 Å². The molecule has 0 saturated carbocycles. The van der Waals surface area contributed by atoms with Crippen molar-refractivity contribution in [3.8, 4) is 5.69 Å². The first-order valence-corrected chi connectivity index (χ1v) is 9.10. The SMILES string of the molecule is CCN1C(=O)[C@@H](N)[C@H](c2cccc(N)c2)c2c(C)nn(-c3ccccc3)c21. The molecule has 0 fully saturated rings. The molecule has 0 saturated heterocycles. The molecule has 0 aliphatic carbocycles. The molecule has 1 aliphatic rings. The number of para-hydroxylation sites is 1. The van der Waals surface area contributed by atoms with Gasteiger partial charge in [0, 0.05) is 23.7 Å². The average Bonchev–Trinajstić information content (AvgIpc) is 3.01. The zero-order valence-corrected chi connectivity index (χ0v) is 15.5. The highest BCUT2D eigenvalue weighted by molar-refractivity contribution is 6.01. The monoisotopic (exact) mass is 361 g/mol. The highest BCUT2D eigenvalue weighted by Crippen LogP contribution is 2.42. The van der Waals surface area contributed by atoms with Gasteiger partial charge in [-0.2, -0.15) is 5.10 Å². The number of carbonyl (C=O) groups is 1. The number of hydrogen-bond donors (Lipinski definition) is 2. The second-order valence-corrected chi connectivity index (χ2v) is 6.83. The van der Waals surface area contributed by atoms with Gasteiger partial charge in [-0.3, -0.25) is 9.69 Å². The van der Waals surface area contributed by atoms with E-state index in [2.05, 4.69) is 0 Å². The van der Waals surface area contributed by atoms with E-state index in [9.17, 15) is 4.79 Å². The molecule has 6 heteroatoms. The fourth-order valence-electron chi connectivity index (χ4n) is 3.94. The van der Waals surface area contributed by atoms with Crippen molar-refractivity contribution in [2.75, 3.05) is 17.2 Å². The van der Waals surface area contributed by atoms with Crippen LogP contribution in [-0.2, 0) is 4.79 Å². The van der Waals surface area contributed by atoms with Crippen molar-refractivity contribution in [1.29, 1.82) is 0 Å². The Morgan fingerprint density at radius 1 is 1.11 bits per heavy atom. The van der Waals surface area contributed by atoms with Gasteiger partial charge in [-0.15, -0.1) is 0 Å². The van der Waals surface area contributed by atoms with Crippen molar-refractivity contribution < 1.29 is 4.79 Å². The minimum absolute atomic E-state index is 0.102. The lowest BCUT2D eigenvalue weighted by Crippen LogP contribution is -2.51. The van der Waals surface area contributed by atoms with E-state index in [1.807, 2.05) is 73.1 Å². The number of likely N-dealkylation sites (N-methyl/N-ethyl adjacent to an activating group) is 1. The Labute approximate surface area is 158 Å². The predicted molar refractivity (Wildman–Crippen MR) is 107 cm³/mol. The van der Waals surface area contributed by atoms with E-state index in [4.69, 9.17) is 16.6 Å². The molecule has 0 radical (unpaired) electrons. The Balaban J connectivity index is 1.99. The first-order valence-electron chi connectivity index (χ1n) is 9.10. The zero-order valence-electron chi connectivity index (χ0n) is 15.5. The predicted octanol–water partition coefficient (Wildman–Crippen LogP) is 2.59. The highest BCUT2D eigenvalue weighted by atomic mass is 16.2. The first kappa shape index (κ1) is 17.3. The number of anilines is 2. The van der Waals surface area contributed by atoms with E-state index >= 15 is 0 Å². The van der Waals surface area contributed by atoms with Crippen LogP contribution in [0.1, 0.15) is 29.7 Å². The van der Waals surface area contributed by atoms with Crippen LogP contribution >= 0.6 is 0 Å². The summed E-state index contributed by atoms with van der Waals surface area (Å²) in [5, 5.41) is 4.76. The van der Waals surface area contributed by atoms with Crippen molar-refractivity contribution in [2.24, 2.45) is 5.73 Å². The lowest BCUT2D eigenvalue weighted by atomic mass is 9.81. The summed E-state index contributed by atoms with van der Waals surface area (Å²) in [5.74, 6) is 0.408. The molecule has 0 bridgehead atoms. The summed E-state index contributed by atoms with van der Waals surface area (Å²) in [6.07, 6.45) is 0. The van der Waals surface area contributed by atoms with Crippen LogP contribution in [0, 0.1) is 6.92 Å². The Bertz CT molecular complexity index is 995. The molecule has 0 spiro atoms. The van der Waals surface area contributed by atoms with Gasteiger partial charge < -0.3 is 11.5 Å². The number of aromatic nitrogens is 2. The molecule has 27 heavy (non-hydrogen) atoms. The van der Waals surface area contributed by atoms with Crippen molar-refractivity contribution in [3.63, 3.8) is 0 Å². The lowest BCUT2D eigenvalue weighted by molar-refractivity contribution is -0.120. The minimum Gasteiger partial charge on any atom is -0.399 e. The molecular formula is C21H23N5O. The lowest BCUT2D eigenvalue weighted by Gasteiger charge is -2.36. The van der Waals surface area contributed by atoms with Crippen LogP contribution in [0.4, 0.5) is 11.5 Å². The van der Waals surface area contributed by atoms with Crippen LogP contribution in [0.2, 0.25) is 0 Å². The Kier molecular flexibility index (Phi) is 4.20. The smallest absolute Gasteiger partial charge is 0.246 e. The number of aryl methyl sites for hydroxylation is 1. The van der Waals surface area contributed by atoms with Gasteiger partial charge in [-0.1, -0.05) is 30.3 Å². The molecule has 2 atom stereocenters. The highest BCUT2D eigenvalue weighted by Gasteiger charge is 2.42. The summed E-state index contributed by atoms with van der Waals surface area (Å²) in [6.45, 7) is 4.45. The first-order chi connectivity index (χ1) is 13.0. The van der Waals surface area contributed by atoms with Crippen LogP contribution < -0.4 is 16.4 Å². The molecule has 2 heterocycles. The number of carbonyl (C=O) groups excluding carboxylic acids is 1. The standard InChI is InChI=1S/C21H23N5O/c1-3-25-20-17(13(2)24-26(20)16-10-5-4-6-11-16)18(19(23)21(25)27)14-8-7-9-15(22)12-14/h4-12,18-19H,3,22-23H2,1-2H3/t18-,19+/m1/s1. The summed E-state index contributed by atoms with van der Waals surface area (Å²) in [4.78, 5) is 14.8. The number of nitrogens with two attached hydrogens (primary N) is 2. The number of nitrogens with zero attached hydrogens (tertiary/aromatic N) is 3. The number of amides is 1. The van der Waals surface area contributed by atoms with Crippen LogP contribution in [0.5, 0.6) is 0 Å². The van der Waals surface area contributed by atoms with Crippen molar-refractivity contribution >= 4 is 17.4 Å². The molecule has 2 aromatic carbocycles. The summed E-state index contributed by atoms with van der Waals surface area (Å²) in [6, 6.07) is 16.8. The van der Waals surface area contributed by atoms with Crippen LogP contribution in [0.3, 0.4) is 0 Å². The van der Waals surface area contributed by atoms with Crippen LogP contribution in [-0.4, -0.2) is 28.3 Å². The minimum atomic E-state index is -0.675. The van der Waals surface area contributed by atoms with E-state index in [0.29, 0.717) is 12.2 Å². The van der Waals surface area contributed by atoms with Gasteiger partial charge in [0.25, 0.3) is 0 Å². The van der Waals surface area contributed by atoms with E-state index in [1.165, 1.54) is 0 Å². The van der Waals surface area contributed by atoms with E-state index in [-0.39, 0.29) is 11.8 Å². The molecule has 138 valence electrons. The Morgan fingerprint density at radius 2 is 1.85 bits per heavy atom. The normalized spacial score (nSPS) is 19.2. The van der Waals surface area contributed by atoms with Crippen molar-refractivity contribution in [1.82, 2.24) is 9.78 Å². The quantitative estimate of drug-likeness (QED) is 0.702. The largest absolute Gasteiger partial charge is 0.399 e. The molecule has 1 amide bonds. The number of nitrogen functional groups attached to an aromatic ring is 1. The fourth-order valence-corrected chi connectivity index (χ4v) is 3.94. The maximum Gasteiger partial charge on any atom is 0.246 e. The molecular weight excluding hydrogens is 338 g/mol. The third kappa shape index (κ3) is 2.69. The molecule has 6 nitrogen and oxygen atoms in total. The average molecular weight is 361 g/mol. The van der Waals surface area contributed by atoms with Gasteiger partial charge >= 0.3 is 0 Å². The number of benzene rings is 2. The Hall–Kier alpha value is -3.12. The van der Waals surface area contributed by atoms with Crippen LogP contribution in [0.25, 0.3) is 5.69 Å². The van der Waals surface area contributed by atoms with Gasteiger partial charge in [0.2, 0.25) is 5.91 Å². The third-order valence-electron chi connectivity index (χ3n) is 5.15. The van der Waals surface area contributed by atoms with Gasteiger partial charge in [0.15, 0.2) is 0 Å². The number of rotatable bonds is 3. The zero-order chi connectivity index (χ0) is 19.1. The maximum atomic E-state index is 13.1. The second-order valence-electron chi connectivity index (χ2n) is 6.83. The van der Waals surface area contributed by atoms with Crippen molar-refractivity contribution in [2.45, 2.75) is 25.8 Å². The van der Waals surface area contributed by atoms with Crippen molar-refractivity contribution in [3.05, 3.63) is 71.4 Å². The fraction of sp³-hybridized carbons (Fsp3) is 0.238. The summed E-state index contributed by atoms with van der Waals surface area (Å²) in [5.41, 5.74) is 16.8. The molecule has 1 aromatic heterocycles. The molecule has 4 rings (SSSR count). The molecule has 1 aliphatic heterocycles. The summed E-state index contributed by atoms with van der Waals surface area (Å²) >= 11 is 0. The maximum absolute atomic E-state index is 13.1. The second kappa shape index (κ2) is 6.55. The molecule has 0 unspecified atom stereocenters. The summed E-state index contributed by atoms with van der Waals surface area (Å²) < 4.78 is 1.84. The van der Waals surface area contributed by atoms with Crippen LogP contribution in [0.15, 0.2) is 54.6 Å². The summed E-state index contributed by atoms with van der Waals surface area (Å²) in [7, 11) is 0. The van der Waals surface area contributed by atoms with E-state index < -0.39 is 6.04 Å². The molecule has 4 N–H and O–H groups in total.